The second kappa shape index (κ2) is 6.43. The molecule has 0 aromatic heterocycles. The lowest BCUT2D eigenvalue weighted by molar-refractivity contribution is -0.151. The van der Waals surface area contributed by atoms with Crippen molar-refractivity contribution in [1.82, 2.24) is 10.6 Å². The molecule has 2 fully saturated rings. The number of amides is 2. The Balaban J connectivity index is 1.82. The normalized spacial score (nSPS) is 33.6. The number of carbonyl (C=O) groups is 2. The van der Waals surface area contributed by atoms with Gasteiger partial charge in [0, 0.05) is 13.2 Å². The van der Waals surface area contributed by atoms with E-state index in [0.717, 1.165) is 19.3 Å². The molecular formula is C14H24N2O4. The first kappa shape index (κ1) is 15.1. The number of ether oxygens (including phenoxy) is 1. The first-order valence-electron chi connectivity index (χ1n) is 7.37. The van der Waals surface area contributed by atoms with E-state index in [1.165, 1.54) is 0 Å². The maximum atomic E-state index is 11.8. The van der Waals surface area contributed by atoms with Crippen molar-refractivity contribution in [3.8, 4) is 0 Å². The standard InChI is InChI=1S/C14H24N2O4/c1-10-2-5-14(6-3-10,12(17)18)9-15-13(19)16-11-4-7-20-8-11/h10-11H,2-9H2,1H3,(H,17,18)(H2,15,16,19). The molecule has 1 saturated carbocycles. The first-order valence-corrected chi connectivity index (χ1v) is 7.37. The van der Waals surface area contributed by atoms with Crippen LogP contribution in [0.3, 0.4) is 0 Å². The van der Waals surface area contributed by atoms with E-state index in [4.69, 9.17) is 4.74 Å². The fourth-order valence-electron chi connectivity index (χ4n) is 2.92. The molecule has 0 aromatic rings. The van der Waals surface area contributed by atoms with Crippen molar-refractivity contribution in [3.05, 3.63) is 0 Å². The van der Waals surface area contributed by atoms with Crippen molar-refractivity contribution in [2.75, 3.05) is 19.8 Å². The van der Waals surface area contributed by atoms with Gasteiger partial charge in [0.15, 0.2) is 0 Å². The van der Waals surface area contributed by atoms with Crippen molar-refractivity contribution in [3.63, 3.8) is 0 Å². The zero-order valence-corrected chi connectivity index (χ0v) is 12.0. The molecule has 1 aliphatic carbocycles. The van der Waals surface area contributed by atoms with Crippen molar-refractivity contribution in [2.24, 2.45) is 11.3 Å². The molecule has 114 valence electrons. The molecule has 6 heteroatoms. The third kappa shape index (κ3) is 3.62. The topological polar surface area (TPSA) is 87.7 Å². The maximum absolute atomic E-state index is 11.8. The van der Waals surface area contributed by atoms with Crippen LogP contribution in [0.15, 0.2) is 0 Å². The second-order valence-corrected chi connectivity index (χ2v) is 6.16. The molecule has 1 aliphatic heterocycles. The Kier molecular flexibility index (Phi) is 4.86. The van der Waals surface area contributed by atoms with Crippen molar-refractivity contribution in [1.29, 1.82) is 0 Å². The average molecular weight is 284 g/mol. The first-order chi connectivity index (χ1) is 9.52. The number of carboxylic acid groups (broad SMARTS) is 1. The highest BCUT2D eigenvalue weighted by Crippen LogP contribution is 2.38. The summed E-state index contributed by atoms with van der Waals surface area (Å²) in [6, 6.07) is -0.248. The van der Waals surface area contributed by atoms with Crippen LogP contribution in [-0.4, -0.2) is 42.9 Å². The molecule has 0 radical (unpaired) electrons. The van der Waals surface area contributed by atoms with E-state index in [1.807, 2.05) is 0 Å². The van der Waals surface area contributed by atoms with Crippen molar-refractivity contribution < 1.29 is 19.4 Å². The minimum Gasteiger partial charge on any atom is -0.481 e. The number of hydrogen-bond donors (Lipinski definition) is 3. The molecule has 0 spiro atoms. The Hall–Kier alpha value is -1.30. The minimum atomic E-state index is -0.797. The zero-order valence-electron chi connectivity index (χ0n) is 12.0. The van der Waals surface area contributed by atoms with E-state index in [-0.39, 0.29) is 18.6 Å². The van der Waals surface area contributed by atoms with Crippen LogP contribution in [0.1, 0.15) is 39.0 Å². The van der Waals surface area contributed by atoms with Gasteiger partial charge < -0.3 is 20.5 Å². The fraction of sp³-hybridized carbons (Fsp3) is 0.857. The summed E-state index contributed by atoms with van der Waals surface area (Å²) < 4.78 is 5.19. The predicted octanol–water partition coefficient (Wildman–Crippen LogP) is 1.36. The summed E-state index contributed by atoms with van der Waals surface area (Å²) in [5.74, 6) is -0.221. The third-order valence-electron chi connectivity index (χ3n) is 4.54. The van der Waals surface area contributed by atoms with Crippen LogP contribution in [0.25, 0.3) is 0 Å². The molecule has 0 aromatic carbocycles. The number of rotatable bonds is 4. The molecule has 2 rings (SSSR count). The molecule has 0 bridgehead atoms. The molecule has 3 N–H and O–H groups in total. The fourth-order valence-corrected chi connectivity index (χ4v) is 2.92. The Morgan fingerprint density at radius 2 is 2.00 bits per heavy atom. The quantitative estimate of drug-likeness (QED) is 0.727. The van der Waals surface area contributed by atoms with Crippen molar-refractivity contribution in [2.45, 2.75) is 45.1 Å². The number of carboxylic acids is 1. The van der Waals surface area contributed by atoms with E-state index in [2.05, 4.69) is 17.6 Å². The van der Waals surface area contributed by atoms with E-state index in [9.17, 15) is 14.7 Å². The van der Waals surface area contributed by atoms with Crippen LogP contribution < -0.4 is 10.6 Å². The number of carbonyl (C=O) groups excluding carboxylic acids is 1. The number of hydrogen-bond acceptors (Lipinski definition) is 3. The molecular weight excluding hydrogens is 260 g/mol. The number of nitrogens with one attached hydrogen (secondary N) is 2. The molecule has 1 unspecified atom stereocenters. The van der Waals surface area contributed by atoms with E-state index in [0.29, 0.717) is 32.0 Å². The Morgan fingerprint density at radius 3 is 2.55 bits per heavy atom. The number of urea groups is 1. The van der Waals surface area contributed by atoms with Gasteiger partial charge in [0.1, 0.15) is 0 Å². The summed E-state index contributed by atoms with van der Waals surface area (Å²) in [6.07, 6.45) is 3.90. The van der Waals surface area contributed by atoms with Crippen LogP contribution in [-0.2, 0) is 9.53 Å². The van der Waals surface area contributed by atoms with E-state index in [1.54, 1.807) is 0 Å². The second-order valence-electron chi connectivity index (χ2n) is 6.16. The van der Waals surface area contributed by atoms with Gasteiger partial charge in [-0.15, -0.1) is 0 Å². The maximum Gasteiger partial charge on any atom is 0.315 e. The Morgan fingerprint density at radius 1 is 1.30 bits per heavy atom. The summed E-state index contributed by atoms with van der Waals surface area (Å²) in [6.45, 7) is 3.55. The summed E-state index contributed by atoms with van der Waals surface area (Å²) in [5, 5.41) is 15.0. The molecule has 20 heavy (non-hydrogen) atoms. The van der Waals surface area contributed by atoms with Crippen LogP contribution >= 0.6 is 0 Å². The summed E-state index contributed by atoms with van der Waals surface area (Å²) >= 11 is 0. The minimum absolute atomic E-state index is 0.0437. The van der Waals surface area contributed by atoms with E-state index >= 15 is 0 Å². The monoisotopic (exact) mass is 284 g/mol. The van der Waals surface area contributed by atoms with E-state index < -0.39 is 11.4 Å². The highest BCUT2D eigenvalue weighted by Gasteiger charge is 2.41. The van der Waals surface area contributed by atoms with Crippen LogP contribution in [0.2, 0.25) is 0 Å². The highest BCUT2D eigenvalue weighted by atomic mass is 16.5. The van der Waals surface area contributed by atoms with Gasteiger partial charge in [0.25, 0.3) is 0 Å². The largest absolute Gasteiger partial charge is 0.481 e. The number of aliphatic carboxylic acids is 1. The van der Waals surface area contributed by atoms with Gasteiger partial charge in [0.05, 0.1) is 18.1 Å². The smallest absolute Gasteiger partial charge is 0.315 e. The SMILES string of the molecule is CC1CCC(CNC(=O)NC2CCOC2)(C(=O)O)CC1. The van der Waals surface area contributed by atoms with Gasteiger partial charge in [-0.25, -0.2) is 4.79 Å². The molecule has 2 amide bonds. The van der Waals surface area contributed by atoms with Gasteiger partial charge >= 0.3 is 12.0 Å². The molecule has 1 heterocycles. The van der Waals surface area contributed by atoms with Crippen LogP contribution in [0.5, 0.6) is 0 Å². The molecule has 1 saturated heterocycles. The van der Waals surface area contributed by atoms with Gasteiger partial charge in [-0.1, -0.05) is 6.92 Å². The van der Waals surface area contributed by atoms with Gasteiger partial charge in [-0.3, -0.25) is 4.79 Å². The third-order valence-corrected chi connectivity index (χ3v) is 4.54. The lowest BCUT2D eigenvalue weighted by Crippen LogP contribution is -2.49. The molecule has 2 aliphatic rings. The zero-order chi connectivity index (χ0) is 14.6. The Bertz CT molecular complexity index is 358. The van der Waals surface area contributed by atoms with Gasteiger partial charge in [-0.05, 0) is 38.0 Å². The Labute approximate surface area is 119 Å². The predicted molar refractivity (Wildman–Crippen MR) is 73.5 cm³/mol. The van der Waals surface area contributed by atoms with Gasteiger partial charge in [-0.2, -0.15) is 0 Å². The lowest BCUT2D eigenvalue weighted by atomic mass is 9.71. The summed E-state index contributed by atoms with van der Waals surface area (Å²) in [4.78, 5) is 23.3. The van der Waals surface area contributed by atoms with Gasteiger partial charge in [0.2, 0.25) is 0 Å². The average Bonchev–Trinajstić information content (AvgIpc) is 2.91. The van der Waals surface area contributed by atoms with Crippen molar-refractivity contribution >= 4 is 12.0 Å². The molecule has 6 nitrogen and oxygen atoms in total. The lowest BCUT2D eigenvalue weighted by Gasteiger charge is -2.35. The molecule has 1 atom stereocenters. The summed E-state index contributed by atoms with van der Waals surface area (Å²) in [7, 11) is 0. The highest BCUT2D eigenvalue weighted by molar-refractivity contribution is 5.78. The van der Waals surface area contributed by atoms with Crippen LogP contribution in [0.4, 0.5) is 4.79 Å². The summed E-state index contributed by atoms with van der Waals surface area (Å²) in [5.41, 5.74) is -0.796. The van der Waals surface area contributed by atoms with Crippen LogP contribution in [0, 0.1) is 11.3 Å².